The average Bonchev–Trinajstić information content (AvgIpc) is 2.39. The van der Waals surface area contributed by atoms with Crippen molar-refractivity contribution in [1.82, 2.24) is 5.32 Å². The molecule has 0 unspecified atom stereocenters. The van der Waals surface area contributed by atoms with Crippen LogP contribution in [-0.2, 0) is 9.59 Å². The Kier molecular flexibility index (Phi) is 5.29. The van der Waals surface area contributed by atoms with Crippen LogP contribution in [0.2, 0.25) is 0 Å². The molecule has 0 aromatic heterocycles. The van der Waals surface area contributed by atoms with Crippen LogP contribution in [0.3, 0.4) is 0 Å². The number of carbonyl (C=O) groups excluding carboxylic acids is 2. The zero-order chi connectivity index (χ0) is 16.0. The SMILES string of the molecule is CC(C)(NC(=O)N(CCC(=O)O)c1ccccc1)C(N)=O. The van der Waals surface area contributed by atoms with Gasteiger partial charge in [0.25, 0.3) is 0 Å². The molecule has 4 N–H and O–H groups in total. The van der Waals surface area contributed by atoms with E-state index in [1.807, 2.05) is 0 Å². The van der Waals surface area contributed by atoms with Gasteiger partial charge in [0.1, 0.15) is 5.54 Å². The van der Waals surface area contributed by atoms with Gasteiger partial charge in [-0.15, -0.1) is 0 Å². The van der Waals surface area contributed by atoms with Gasteiger partial charge >= 0.3 is 12.0 Å². The first-order valence-electron chi connectivity index (χ1n) is 6.40. The first-order valence-corrected chi connectivity index (χ1v) is 6.40. The standard InChI is InChI=1S/C14H19N3O4/c1-14(2,12(15)20)16-13(21)17(9-8-11(18)19)10-6-4-3-5-7-10/h3-7H,8-9H2,1-2H3,(H2,15,20)(H,16,21)(H,18,19). The molecule has 7 nitrogen and oxygen atoms in total. The maximum absolute atomic E-state index is 12.3. The van der Waals surface area contributed by atoms with Gasteiger partial charge in [0.15, 0.2) is 0 Å². The zero-order valence-corrected chi connectivity index (χ0v) is 12.0. The van der Waals surface area contributed by atoms with Crippen LogP contribution in [0.25, 0.3) is 0 Å². The summed E-state index contributed by atoms with van der Waals surface area (Å²) in [7, 11) is 0. The topological polar surface area (TPSA) is 113 Å². The Morgan fingerprint density at radius 2 is 1.81 bits per heavy atom. The van der Waals surface area contributed by atoms with Gasteiger partial charge in [0, 0.05) is 12.2 Å². The number of rotatable bonds is 6. The Morgan fingerprint density at radius 3 is 2.29 bits per heavy atom. The number of urea groups is 1. The lowest BCUT2D eigenvalue weighted by molar-refractivity contribution is -0.136. The predicted molar refractivity (Wildman–Crippen MR) is 77.8 cm³/mol. The van der Waals surface area contributed by atoms with E-state index in [1.54, 1.807) is 30.3 Å². The van der Waals surface area contributed by atoms with Crippen molar-refractivity contribution in [3.8, 4) is 0 Å². The maximum Gasteiger partial charge on any atom is 0.322 e. The molecule has 21 heavy (non-hydrogen) atoms. The molecule has 0 aliphatic heterocycles. The minimum atomic E-state index is -1.23. The van der Waals surface area contributed by atoms with Gasteiger partial charge in [0.2, 0.25) is 5.91 Å². The quantitative estimate of drug-likeness (QED) is 0.724. The molecule has 0 bridgehead atoms. The first-order chi connectivity index (χ1) is 9.74. The van der Waals surface area contributed by atoms with E-state index in [2.05, 4.69) is 5.32 Å². The second-order valence-corrected chi connectivity index (χ2v) is 5.05. The van der Waals surface area contributed by atoms with Crippen molar-refractivity contribution in [2.75, 3.05) is 11.4 Å². The highest BCUT2D eigenvalue weighted by Gasteiger charge is 2.29. The summed E-state index contributed by atoms with van der Waals surface area (Å²) in [5, 5.41) is 11.3. The number of hydrogen-bond acceptors (Lipinski definition) is 3. The predicted octanol–water partition coefficient (Wildman–Crippen LogP) is 0.941. The van der Waals surface area contributed by atoms with Gasteiger partial charge in [-0.25, -0.2) is 4.79 Å². The Hall–Kier alpha value is -2.57. The Balaban J connectivity index is 2.93. The summed E-state index contributed by atoms with van der Waals surface area (Å²) in [6.07, 6.45) is -0.209. The lowest BCUT2D eigenvalue weighted by Crippen LogP contribution is -2.57. The molecule has 1 rings (SSSR count). The fourth-order valence-electron chi connectivity index (χ4n) is 1.56. The molecule has 0 fully saturated rings. The fourth-order valence-corrected chi connectivity index (χ4v) is 1.56. The molecule has 1 aromatic carbocycles. The number of benzene rings is 1. The highest BCUT2D eigenvalue weighted by molar-refractivity contribution is 5.97. The molecule has 0 spiro atoms. The number of carbonyl (C=O) groups is 3. The highest BCUT2D eigenvalue weighted by Crippen LogP contribution is 2.15. The van der Waals surface area contributed by atoms with Crippen LogP contribution in [-0.4, -0.2) is 35.1 Å². The lowest BCUT2D eigenvalue weighted by Gasteiger charge is -2.28. The number of aliphatic carboxylic acids is 1. The van der Waals surface area contributed by atoms with Crippen LogP contribution in [0.1, 0.15) is 20.3 Å². The Bertz CT molecular complexity index is 528. The summed E-state index contributed by atoms with van der Waals surface area (Å²) >= 11 is 0. The van der Waals surface area contributed by atoms with E-state index in [0.717, 1.165) is 0 Å². The van der Waals surface area contributed by atoms with E-state index < -0.39 is 23.4 Å². The highest BCUT2D eigenvalue weighted by atomic mass is 16.4. The molecule has 0 aliphatic carbocycles. The number of carboxylic acids is 1. The van der Waals surface area contributed by atoms with Gasteiger partial charge in [-0.05, 0) is 26.0 Å². The van der Waals surface area contributed by atoms with Gasteiger partial charge < -0.3 is 16.2 Å². The van der Waals surface area contributed by atoms with E-state index in [-0.39, 0.29) is 13.0 Å². The summed E-state index contributed by atoms with van der Waals surface area (Å²) in [6, 6.07) is 8.03. The summed E-state index contributed by atoms with van der Waals surface area (Å²) in [5.41, 5.74) is 4.52. The van der Waals surface area contributed by atoms with Crippen molar-refractivity contribution in [2.24, 2.45) is 5.73 Å². The minimum absolute atomic E-state index is 0.0139. The number of carboxylic acid groups (broad SMARTS) is 1. The number of para-hydroxylation sites is 1. The molecule has 7 heteroatoms. The zero-order valence-electron chi connectivity index (χ0n) is 12.0. The van der Waals surface area contributed by atoms with Crippen molar-refractivity contribution < 1.29 is 19.5 Å². The fraction of sp³-hybridized carbons (Fsp3) is 0.357. The average molecular weight is 293 g/mol. The molecule has 0 atom stereocenters. The van der Waals surface area contributed by atoms with Gasteiger partial charge in [-0.1, -0.05) is 18.2 Å². The molecule has 114 valence electrons. The second kappa shape index (κ2) is 6.74. The molecule has 0 aliphatic rings. The number of amides is 3. The third-order valence-electron chi connectivity index (χ3n) is 2.90. The Labute approximate surface area is 122 Å². The van der Waals surface area contributed by atoms with Gasteiger partial charge in [0.05, 0.1) is 6.42 Å². The third-order valence-corrected chi connectivity index (χ3v) is 2.90. The molecule has 0 heterocycles. The van der Waals surface area contributed by atoms with Crippen molar-refractivity contribution in [3.05, 3.63) is 30.3 Å². The number of hydrogen-bond donors (Lipinski definition) is 3. The minimum Gasteiger partial charge on any atom is -0.481 e. The van der Waals surface area contributed by atoms with Crippen LogP contribution >= 0.6 is 0 Å². The second-order valence-electron chi connectivity index (χ2n) is 5.05. The van der Waals surface area contributed by atoms with Crippen LogP contribution in [0.4, 0.5) is 10.5 Å². The monoisotopic (exact) mass is 293 g/mol. The molecule has 0 saturated carbocycles. The largest absolute Gasteiger partial charge is 0.481 e. The van der Waals surface area contributed by atoms with E-state index in [1.165, 1.54) is 18.7 Å². The van der Waals surface area contributed by atoms with Crippen LogP contribution < -0.4 is 16.0 Å². The summed E-state index contributed by atoms with van der Waals surface area (Å²) in [5.74, 6) is -1.69. The molecular formula is C14H19N3O4. The van der Waals surface area contributed by atoms with E-state index in [0.29, 0.717) is 5.69 Å². The summed E-state index contributed by atoms with van der Waals surface area (Å²) < 4.78 is 0. The maximum atomic E-state index is 12.3. The molecule has 3 amide bonds. The molecule has 1 aromatic rings. The Morgan fingerprint density at radius 1 is 1.24 bits per heavy atom. The normalized spacial score (nSPS) is 10.8. The number of anilines is 1. The van der Waals surface area contributed by atoms with Crippen LogP contribution in [0, 0.1) is 0 Å². The van der Waals surface area contributed by atoms with Crippen LogP contribution in [0.15, 0.2) is 30.3 Å². The number of primary amides is 1. The number of nitrogens with two attached hydrogens (primary N) is 1. The molecular weight excluding hydrogens is 274 g/mol. The van der Waals surface area contributed by atoms with Crippen molar-refractivity contribution in [2.45, 2.75) is 25.8 Å². The summed E-state index contributed by atoms with van der Waals surface area (Å²) in [6.45, 7) is 2.95. The van der Waals surface area contributed by atoms with E-state index in [9.17, 15) is 14.4 Å². The van der Waals surface area contributed by atoms with Crippen LogP contribution in [0.5, 0.6) is 0 Å². The lowest BCUT2D eigenvalue weighted by atomic mass is 10.1. The molecule has 0 radical (unpaired) electrons. The van der Waals surface area contributed by atoms with Crippen molar-refractivity contribution in [1.29, 1.82) is 0 Å². The third kappa shape index (κ3) is 4.79. The first kappa shape index (κ1) is 16.5. The van der Waals surface area contributed by atoms with Gasteiger partial charge in [-0.2, -0.15) is 0 Å². The number of nitrogens with one attached hydrogen (secondary N) is 1. The van der Waals surface area contributed by atoms with E-state index >= 15 is 0 Å². The van der Waals surface area contributed by atoms with Gasteiger partial charge in [-0.3, -0.25) is 14.5 Å². The summed E-state index contributed by atoms with van der Waals surface area (Å²) in [4.78, 5) is 35.5. The van der Waals surface area contributed by atoms with Crippen molar-refractivity contribution in [3.63, 3.8) is 0 Å². The number of nitrogens with zero attached hydrogens (tertiary/aromatic N) is 1. The smallest absolute Gasteiger partial charge is 0.322 e. The molecule has 0 saturated heterocycles. The van der Waals surface area contributed by atoms with Crippen molar-refractivity contribution >= 4 is 23.6 Å². The van der Waals surface area contributed by atoms with E-state index in [4.69, 9.17) is 10.8 Å².